The number of aliphatic imine (C=N–C) groups is 1. The van der Waals surface area contributed by atoms with Gasteiger partial charge in [0.1, 0.15) is 5.82 Å². The van der Waals surface area contributed by atoms with E-state index in [9.17, 15) is 31.1 Å². The van der Waals surface area contributed by atoms with Crippen molar-refractivity contribution in [3.05, 3.63) is 46.5 Å². The lowest BCUT2D eigenvalue weighted by Gasteiger charge is -2.36. The van der Waals surface area contributed by atoms with Crippen molar-refractivity contribution in [1.82, 2.24) is 9.78 Å². The molecule has 2 aromatic rings. The smallest absolute Gasteiger partial charge is 0.425 e. The molecular formula is C17H14ClF6N5O2. The predicted molar refractivity (Wildman–Crippen MR) is 97.4 cm³/mol. The van der Waals surface area contributed by atoms with Crippen LogP contribution in [0.2, 0.25) is 5.02 Å². The molecule has 0 saturated heterocycles. The summed E-state index contributed by atoms with van der Waals surface area (Å²) in [5.41, 5.74) is 2.73. The molecule has 0 unspecified atom stereocenters. The van der Waals surface area contributed by atoms with Crippen molar-refractivity contribution in [2.24, 2.45) is 10.7 Å². The monoisotopic (exact) mass is 469 g/mol. The van der Waals surface area contributed by atoms with Crippen LogP contribution in [-0.4, -0.2) is 34.0 Å². The van der Waals surface area contributed by atoms with Crippen molar-refractivity contribution in [2.45, 2.75) is 37.7 Å². The number of carbonyl (C=O) groups excluding carboxylic acids is 1. The van der Waals surface area contributed by atoms with Gasteiger partial charge in [-0.2, -0.15) is 27.1 Å². The molecule has 1 aromatic heterocycles. The Morgan fingerprint density at radius 1 is 1.42 bits per heavy atom. The lowest BCUT2D eigenvalue weighted by atomic mass is 9.85. The Kier molecular flexibility index (Phi) is 5.82. The standard InChI is InChI=1S/C17H14ClF6N5O2/c1-16(5-11(17(22,23)24)31-15(25)27-16)8-4-7(2-3-10(8)19)26-13(30)12-9(18)6-29(28-12)14(20)21/h2-4,6,11,14H,5H2,1H3,(H2,25,27)(H,26,30)/t11-,16-/m0/s1. The van der Waals surface area contributed by atoms with E-state index in [1.165, 1.54) is 6.92 Å². The SMILES string of the molecule is C[C@@]1(c2cc(NC(=O)c3nn(C(F)F)cc3Cl)ccc2F)C[C@@H](C(F)(F)F)OC(N)=N1. The number of halogens is 7. The first-order valence-electron chi connectivity index (χ1n) is 8.53. The Morgan fingerprint density at radius 3 is 2.68 bits per heavy atom. The van der Waals surface area contributed by atoms with E-state index < -0.39 is 54.2 Å². The van der Waals surface area contributed by atoms with Gasteiger partial charge >= 0.3 is 12.7 Å². The van der Waals surface area contributed by atoms with Crippen molar-refractivity contribution >= 4 is 29.2 Å². The number of aromatic nitrogens is 2. The Balaban J connectivity index is 1.92. The number of nitrogens with zero attached hydrogens (tertiary/aromatic N) is 3. The first-order chi connectivity index (χ1) is 14.3. The normalized spacial score (nSPS) is 21.6. The van der Waals surface area contributed by atoms with Crippen LogP contribution in [0, 0.1) is 5.82 Å². The maximum absolute atomic E-state index is 14.5. The molecule has 168 valence electrons. The van der Waals surface area contributed by atoms with Crippen molar-refractivity contribution in [3.63, 3.8) is 0 Å². The lowest BCUT2D eigenvalue weighted by Crippen LogP contribution is -2.46. The highest BCUT2D eigenvalue weighted by Crippen LogP contribution is 2.41. The minimum atomic E-state index is -4.77. The molecule has 0 bridgehead atoms. The summed E-state index contributed by atoms with van der Waals surface area (Å²) in [6.45, 7) is -1.80. The van der Waals surface area contributed by atoms with E-state index in [0.29, 0.717) is 0 Å². The third-order valence-corrected chi connectivity index (χ3v) is 4.75. The number of benzene rings is 1. The van der Waals surface area contributed by atoms with E-state index in [0.717, 1.165) is 24.4 Å². The Hall–Kier alpha value is -2.96. The van der Waals surface area contributed by atoms with Gasteiger partial charge in [0.05, 0.1) is 16.8 Å². The number of nitrogens with two attached hydrogens (primary N) is 1. The third kappa shape index (κ3) is 4.70. The van der Waals surface area contributed by atoms with E-state index in [1.54, 1.807) is 0 Å². The molecule has 2 heterocycles. The fraction of sp³-hybridized carbons (Fsp3) is 0.353. The summed E-state index contributed by atoms with van der Waals surface area (Å²) in [7, 11) is 0. The molecule has 0 saturated carbocycles. The van der Waals surface area contributed by atoms with E-state index in [1.807, 2.05) is 0 Å². The average Bonchev–Trinajstić information content (AvgIpc) is 3.04. The molecule has 2 atom stereocenters. The molecule has 1 aliphatic heterocycles. The van der Waals surface area contributed by atoms with Gasteiger partial charge in [-0.25, -0.2) is 14.1 Å². The second kappa shape index (κ2) is 7.94. The lowest BCUT2D eigenvalue weighted by molar-refractivity contribution is -0.208. The van der Waals surface area contributed by atoms with Gasteiger partial charge in [0.15, 0.2) is 11.8 Å². The van der Waals surface area contributed by atoms with E-state index in [-0.39, 0.29) is 21.0 Å². The van der Waals surface area contributed by atoms with Gasteiger partial charge in [0, 0.05) is 17.7 Å². The van der Waals surface area contributed by atoms with Gasteiger partial charge in [0.2, 0.25) is 0 Å². The van der Waals surface area contributed by atoms with Gasteiger partial charge in [0.25, 0.3) is 11.9 Å². The van der Waals surface area contributed by atoms with Gasteiger partial charge in [-0.05, 0) is 25.1 Å². The number of amidine groups is 1. The van der Waals surface area contributed by atoms with E-state index in [2.05, 4.69) is 20.1 Å². The summed E-state index contributed by atoms with van der Waals surface area (Å²) in [5, 5.41) is 5.29. The summed E-state index contributed by atoms with van der Waals surface area (Å²) < 4.78 is 84.0. The highest BCUT2D eigenvalue weighted by Gasteiger charge is 2.50. The van der Waals surface area contributed by atoms with Gasteiger partial charge < -0.3 is 15.8 Å². The Bertz CT molecular complexity index is 1040. The van der Waals surface area contributed by atoms with E-state index >= 15 is 0 Å². The molecule has 1 aliphatic rings. The number of hydrogen-bond donors (Lipinski definition) is 2. The Morgan fingerprint density at radius 2 is 2.10 bits per heavy atom. The average molecular weight is 470 g/mol. The predicted octanol–water partition coefficient (Wildman–Crippen LogP) is 4.20. The third-order valence-electron chi connectivity index (χ3n) is 4.47. The van der Waals surface area contributed by atoms with Gasteiger partial charge in [-0.3, -0.25) is 4.79 Å². The van der Waals surface area contributed by atoms with Gasteiger partial charge in [-0.15, -0.1) is 0 Å². The number of nitrogens with one attached hydrogen (secondary N) is 1. The van der Waals surface area contributed by atoms with E-state index in [4.69, 9.17) is 17.3 Å². The number of ether oxygens (including phenoxy) is 1. The maximum Gasteiger partial charge on any atom is 0.425 e. The van der Waals surface area contributed by atoms with Crippen LogP contribution in [-0.2, 0) is 10.3 Å². The second-order valence-corrected chi connectivity index (χ2v) is 7.22. The quantitative estimate of drug-likeness (QED) is 0.656. The summed E-state index contributed by atoms with van der Waals surface area (Å²) in [6, 6.07) is 2.31. The molecular weight excluding hydrogens is 456 g/mol. The topological polar surface area (TPSA) is 94.5 Å². The zero-order valence-corrected chi connectivity index (χ0v) is 16.3. The molecule has 7 nitrogen and oxygen atoms in total. The van der Waals surface area contributed by atoms with Crippen molar-refractivity contribution in [2.75, 3.05) is 5.32 Å². The molecule has 1 amide bonds. The molecule has 0 spiro atoms. The molecule has 14 heteroatoms. The fourth-order valence-electron chi connectivity index (χ4n) is 3.05. The molecule has 3 rings (SSSR count). The number of hydrogen-bond acceptors (Lipinski definition) is 5. The minimum Gasteiger partial charge on any atom is -0.452 e. The van der Waals surface area contributed by atoms with Crippen LogP contribution in [0.15, 0.2) is 29.4 Å². The van der Waals surface area contributed by atoms with Crippen LogP contribution < -0.4 is 11.1 Å². The summed E-state index contributed by atoms with van der Waals surface area (Å²) in [5.74, 6) is -1.89. The Labute approximate surface area is 175 Å². The molecule has 0 aliphatic carbocycles. The molecule has 0 radical (unpaired) electrons. The number of amides is 1. The summed E-state index contributed by atoms with van der Waals surface area (Å²) in [4.78, 5) is 16.2. The zero-order chi connectivity index (χ0) is 23.1. The molecule has 31 heavy (non-hydrogen) atoms. The van der Waals surface area contributed by atoms with Crippen LogP contribution in [0.3, 0.4) is 0 Å². The van der Waals surface area contributed by atoms with Crippen molar-refractivity contribution in [1.29, 1.82) is 0 Å². The number of rotatable bonds is 4. The molecule has 3 N–H and O–H groups in total. The highest BCUT2D eigenvalue weighted by atomic mass is 35.5. The molecule has 0 fully saturated rings. The fourth-order valence-corrected chi connectivity index (χ4v) is 3.27. The summed E-state index contributed by atoms with van der Waals surface area (Å²) in [6.07, 6.45) is -7.11. The van der Waals surface area contributed by atoms with Crippen molar-refractivity contribution in [3.8, 4) is 0 Å². The minimum absolute atomic E-state index is 0.0610. The molecule has 1 aromatic carbocycles. The van der Waals surface area contributed by atoms with Crippen LogP contribution in [0.1, 0.15) is 35.9 Å². The number of carbonyl (C=O) groups is 1. The summed E-state index contributed by atoms with van der Waals surface area (Å²) >= 11 is 5.74. The largest absolute Gasteiger partial charge is 0.452 e. The first kappa shape index (κ1) is 22.7. The van der Waals surface area contributed by atoms with Crippen molar-refractivity contribution < 1.29 is 35.9 Å². The number of alkyl halides is 5. The van der Waals surface area contributed by atoms with Crippen LogP contribution in [0.25, 0.3) is 0 Å². The van der Waals surface area contributed by atoms with Crippen LogP contribution in [0.5, 0.6) is 0 Å². The first-order valence-corrected chi connectivity index (χ1v) is 8.91. The zero-order valence-electron chi connectivity index (χ0n) is 15.6. The van der Waals surface area contributed by atoms with Gasteiger partial charge in [-0.1, -0.05) is 11.6 Å². The second-order valence-electron chi connectivity index (χ2n) is 6.81. The van der Waals surface area contributed by atoms with Crippen LogP contribution >= 0.6 is 11.6 Å². The highest BCUT2D eigenvalue weighted by molar-refractivity contribution is 6.34. The van der Waals surface area contributed by atoms with Crippen LogP contribution in [0.4, 0.5) is 32.0 Å². The number of anilines is 1. The maximum atomic E-state index is 14.5.